The number of imidazole rings is 1. The van der Waals surface area contributed by atoms with Gasteiger partial charge >= 0.3 is 0 Å². The molecule has 1 aliphatic carbocycles. The Labute approximate surface area is 150 Å². The van der Waals surface area contributed by atoms with Crippen LogP contribution in [-0.4, -0.2) is 31.7 Å². The third kappa shape index (κ3) is 4.30. The highest BCUT2D eigenvalue weighted by molar-refractivity contribution is 7.99. The summed E-state index contributed by atoms with van der Waals surface area (Å²) in [4.78, 5) is 21.7. The van der Waals surface area contributed by atoms with Gasteiger partial charge in [-0.25, -0.2) is 9.97 Å². The molecule has 0 radical (unpaired) electrons. The monoisotopic (exact) mass is 365 g/mol. The van der Waals surface area contributed by atoms with Gasteiger partial charge in [-0.15, -0.1) is 11.3 Å². The van der Waals surface area contributed by atoms with Crippen LogP contribution < -0.4 is 11.1 Å². The summed E-state index contributed by atoms with van der Waals surface area (Å²) in [6, 6.07) is 0.279. The van der Waals surface area contributed by atoms with Crippen molar-refractivity contribution < 1.29 is 4.79 Å². The van der Waals surface area contributed by atoms with Crippen molar-refractivity contribution in [3.8, 4) is 0 Å². The van der Waals surface area contributed by atoms with Gasteiger partial charge < -0.3 is 15.6 Å². The molecular weight excluding hydrogens is 342 g/mol. The molecule has 0 saturated heterocycles. The molecule has 0 atom stereocenters. The van der Waals surface area contributed by atoms with Crippen molar-refractivity contribution in [2.24, 2.45) is 7.05 Å². The molecule has 1 fully saturated rings. The summed E-state index contributed by atoms with van der Waals surface area (Å²) in [5.41, 5.74) is 6.55. The van der Waals surface area contributed by atoms with Crippen LogP contribution in [0.15, 0.2) is 17.6 Å². The van der Waals surface area contributed by atoms with Gasteiger partial charge in [-0.2, -0.15) is 0 Å². The summed E-state index contributed by atoms with van der Waals surface area (Å²) in [7, 11) is 2.02. The van der Waals surface area contributed by atoms with E-state index in [-0.39, 0.29) is 11.9 Å². The maximum absolute atomic E-state index is 12.2. The molecular formula is C16H23N5OS2. The molecule has 0 aromatic carbocycles. The number of nitrogens with two attached hydrogens (primary N) is 1. The molecule has 0 aliphatic heterocycles. The molecule has 1 saturated carbocycles. The fourth-order valence-corrected chi connectivity index (χ4v) is 4.97. The van der Waals surface area contributed by atoms with Gasteiger partial charge in [-0.05, 0) is 32.6 Å². The average Bonchev–Trinajstić information content (AvgIpc) is 3.07. The van der Waals surface area contributed by atoms with Crippen LogP contribution in [0.2, 0.25) is 0 Å². The number of nitrogens with zero attached hydrogens (tertiary/aromatic N) is 3. The number of aryl methyl sites for hydroxylation is 2. The Morgan fingerprint density at radius 1 is 1.46 bits per heavy atom. The lowest BCUT2D eigenvalue weighted by Gasteiger charge is -2.28. The highest BCUT2D eigenvalue weighted by atomic mass is 32.2. The van der Waals surface area contributed by atoms with E-state index in [1.54, 1.807) is 0 Å². The number of hydrogen-bond donors (Lipinski definition) is 2. The Balaban J connectivity index is 1.44. The molecule has 3 N–H and O–H groups in total. The molecule has 0 bridgehead atoms. The minimum atomic E-state index is 0.0713. The Hall–Kier alpha value is -1.54. The van der Waals surface area contributed by atoms with Gasteiger partial charge in [-0.1, -0.05) is 11.8 Å². The standard InChI is InChI=1S/C16H23N5OS2/c1-10-13(24-15(17)19-10)9-14(22)20-11-3-5-12(6-4-11)23-16-18-7-8-21(16)2/h7-8,11-12H,3-6,9H2,1-2H3,(H2,17,19)(H,20,22). The van der Waals surface area contributed by atoms with Gasteiger partial charge in [0.2, 0.25) is 5.91 Å². The molecule has 2 aromatic heterocycles. The zero-order valence-electron chi connectivity index (χ0n) is 14.0. The Morgan fingerprint density at radius 3 is 2.79 bits per heavy atom. The Bertz CT molecular complexity index is 703. The highest BCUT2D eigenvalue weighted by Crippen LogP contribution is 2.32. The lowest BCUT2D eigenvalue weighted by Crippen LogP contribution is -2.38. The van der Waals surface area contributed by atoms with E-state index >= 15 is 0 Å². The summed E-state index contributed by atoms with van der Waals surface area (Å²) in [5, 5.41) is 5.35. The Morgan fingerprint density at radius 2 is 2.21 bits per heavy atom. The van der Waals surface area contributed by atoms with Crippen molar-refractivity contribution in [1.29, 1.82) is 0 Å². The minimum Gasteiger partial charge on any atom is -0.375 e. The number of rotatable bonds is 5. The maximum Gasteiger partial charge on any atom is 0.225 e. The lowest BCUT2D eigenvalue weighted by molar-refractivity contribution is -0.121. The molecule has 8 heteroatoms. The Kier molecular flexibility index (Phi) is 5.45. The van der Waals surface area contributed by atoms with Gasteiger partial charge in [0.1, 0.15) is 0 Å². The molecule has 0 unspecified atom stereocenters. The van der Waals surface area contributed by atoms with Crippen molar-refractivity contribution in [3.05, 3.63) is 23.0 Å². The molecule has 2 heterocycles. The first-order valence-electron chi connectivity index (χ1n) is 8.16. The normalized spacial score (nSPS) is 20.9. The number of anilines is 1. The smallest absolute Gasteiger partial charge is 0.225 e. The fourth-order valence-electron chi connectivity index (χ4n) is 2.98. The first kappa shape index (κ1) is 17.3. The number of thiazole rings is 1. The molecule has 1 aliphatic rings. The lowest BCUT2D eigenvalue weighted by atomic mass is 9.95. The zero-order valence-corrected chi connectivity index (χ0v) is 15.6. The number of aromatic nitrogens is 3. The van der Waals surface area contributed by atoms with E-state index in [2.05, 4.69) is 19.9 Å². The quantitative estimate of drug-likeness (QED) is 0.850. The van der Waals surface area contributed by atoms with E-state index in [0.29, 0.717) is 16.8 Å². The van der Waals surface area contributed by atoms with Crippen LogP contribution in [-0.2, 0) is 18.3 Å². The first-order valence-corrected chi connectivity index (χ1v) is 9.86. The van der Waals surface area contributed by atoms with Crippen LogP contribution in [0, 0.1) is 6.92 Å². The first-order chi connectivity index (χ1) is 11.5. The fraction of sp³-hybridized carbons (Fsp3) is 0.562. The number of amides is 1. The van der Waals surface area contributed by atoms with Gasteiger partial charge in [0, 0.05) is 35.6 Å². The predicted octanol–water partition coefficient (Wildman–Crippen LogP) is 2.53. The summed E-state index contributed by atoms with van der Waals surface area (Å²) < 4.78 is 2.06. The number of carbonyl (C=O) groups excluding carboxylic acids is 1. The van der Waals surface area contributed by atoms with E-state index in [9.17, 15) is 4.79 Å². The van der Waals surface area contributed by atoms with Crippen LogP contribution >= 0.6 is 23.1 Å². The van der Waals surface area contributed by atoms with Gasteiger partial charge in [0.05, 0.1) is 12.1 Å². The highest BCUT2D eigenvalue weighted by Gasteiger charge is 2.24. The van der Waals surface area contributed by atoms with Crippen LogP contribution in [0.5, 0.6) is 0 Å². The number of nitrogen functional groups attached to an aromatic ring is 1. The molecule has 24 heavy (non-hydrogen) atoms. The van der Waals surface area contributed by atoms with Gasteiger partial charge in [0.15, 0.2) is 10.3 Å². The molecule has 3 rings (SSSR count). The summed E-state index contributed by atoms with van der Waals surface area (Å²) in [6.45, 7) is 1.90. The zero-order chi connectivity index (χ0) is 17.1. The number of carbonyl (C=O) groups is 1. The van der Waals surface area contributed by atoms with Gasteiger partial charge in [0.25, 0.3) is 0 Å². The van der Waals surface area contributed by atoms with Crippen molar-refractivity contribution >= 4 is 34.1 Å². The third-order valence-corrected chi connectivity index (χ3v) is 6.71. The second-order valence-electron chi connectivity index (χ2n) is 6.22. The summed E-state index contributed by atoms with van der Waals surface area (Å²) >= 11 is 3.25. The SMILES string of the molecule is Cc1nc(N)sc1CC(=O)NC1CCC(Sc2nccn2C)CC1. The topological polar surface area (TPSA) is 85.8 Å². The van der Waals surface area contributed by atoms with Crippen molar-refractivity contribution in [1.82, 2.24) is 19.9 Å². The van der Waals surface area contributed by atoms with Crippen LogP contribution in [0.4, 0.5) is 5.13 Å². The van der Waals surface area contributed by atoms with Crippen LogP contribution in [0.25, 0.3) is 0 Å². The molecule has 0 spiro atoms. The van der Waals surface area contributed by atoms with Crippen molar-refractivity contribution in [2.75, 3.05) is 5.73 Å². The van der Waals surface area contributed by atoms with Gasteiger partial charge in [-0.3, -0.25) is 4.79 Å². The number of hydrogen-bond acceptors (Lipinski definition) is 6. The van der Waals surface area contributed by atoms with Crippen molar-refractivity contribution in [2.45, 2.75) is 55.5 Å². The van der Waals surface area contributed by atoms with E-state index in [1.807, 2.05) is 38.1 Å². The maximum atomic E-state index is 12.2. The van der Waals surface area contributed by atoms with E-state index in [0.717, 1.165) is 41.4 Å². The van der Waals surface area contributed by atoms with Crippen LogP contribution in [0.1, 0.15) is 36.3 Å². The van der Waals surface area contributed by atoms with Crippen molar-refractivity contribution in [3.63, 3.8) is 0 Å². The minimum absolute atomic E-state index is 0.0713. The van der Waals surface area contributed by atoms with E-state index in [1.165, 1.54) is 11.3 Å². The second-order valence-corrected chi connectivity index (χ2v) is 8.60. The summed E-state index contributed by atoms with van der Waals surface area (Å²) in [5.74, 6) is 0.0713. The second kappa shape index (κ2) is 7.57. The molecule has 130 valence electrons. The molecule has 2 aromatic rings. The van der Waals surface area contributed by atoms with E-state index in [4.69, 9.17) is 5.73 Å². The van der Waals surface area contributed by atoms with Crippen LogP contribution in [0.3, 0.4) is 0 Å². The largest absolute Gasteiger partial charge is 0.375 e. The number of nitrogens with one attached hydrogen (secondary N) is 1. The predicted molar refractivity (Wildman–Crippen MR) is 98.2 cm³/mol. The molecule has 1 amide bonds. The van der Waals surface area contributed by atoms with E-state index < -0.39 is 0 Å². The molecule has 6 nitrogen and oxygen atoms in total. The number of thioether (sulfide) groups is 1. The average molecular weight is 366 g/mol. The summed E-state index contributed by atoms with van der Waals surface area (Å²) in [6.07, 6.45) is 8.45. The third-order valence-electron chi connectivity index (χ3n) is 4.32.